The number of hydrogen-bond donors (Lipinski definition) is 0. The van der Waals surface area contributed by atoms with Crippen LogP contribution in [0.2, 0.25) is 0 Å². The second-order valence-electron chi connectivity index (χ2n) is 0.0540. The Morgan fingerprint density at radius 1 is 1.00 bits per heavy atom. The summed E-state index contributed by atoms with van der Waals surface area (Å²) in [5.41, 5.74) is 0. The van der Waals surface area contributed by atoms with Gasteiger partial charge in [-0.25, -0.2) is 0 Å². The summed E-state index contributed by atoms with van der Waals surface area (Å²) in [4.78, 5) is 0. The van der Waals surface area contributed by atoms with Crippen LogP contribution in [0.4, 0.5) is 0 Å². The summed E-state index contributed by atoms with van der Waals surface area (Å²) in [6, 6.07) is 0. The molecule has 0 radical (unpaired) electrons. The van der Waals surface area contributed by atoms with Crippen molar-refractivity contribution >= 4 is 98.4 Å². The first kappa shape index (κ1) is 16.8. The zero-order valence-electron chi connectivity index (χ0n) is 2.30. The van der Waals surface area contributed by atoms with Crippen LogP contribution >= 0.6 is 98.4 Å². The second kappa shape index (κ2) is 22.8. The summed E-state index contributed by atoms with van der Waals surface area (Å²) in [7, 11) is 0. The normalized spacial score (nSPS) is 4.67. The minimum absolute atomic E-state index is 0. The first-order valence-electron chi connectivity index (χ1n) is 0.429. The SMILES string of the molecule is I.II.I[I-]I. The molecule has 0 aromatic heterocycles. The van der Waals surface area contributed by atoms with E-state index in [0.717, 1.165) is 0 Å². The van der Waals surface area contributed by atoms with Gasteiger partial charge in [0.05, 0.1) is 0 Å². The van der Waals surface area contributed by atoms with Crippen LogP contribution in [0.3, 0.4) is 0 Å². The molecule has 0 saturated heterocycles. The van der Waals surface area contributed by atoms with E-state index >= 15 is 0 Å². The molecule has 6 heavy (non-hydrogen) atoms. The molecule has 0 aromatic carbocycles. The Morgan fingerprint density at radius 2 is 1.00 bits per heavy atom. The van der Waals surface area contributed by atoms with Gasteiger partial charge in [-0.15, -0.1) is 24.0 Å². The van der Waals surface area contributed by atoms with Gasteiger partial charge in [0, 0.05) is 37.2 Å². The van der Waals surface area contributed by atoms with Crippen molar-refractivity contribution in [2.45, 2.75) is 0 Å². The topological polar surface area (TPSA) is 0 Å². The van der Waals surface area contributed by atoms with E-state index in [2.05, 4.69) is 74.5 Å². The number of hydrogen-bond acceptors (Lipinski definition) is 0. The molecular weight excluding hydrogens is 761 g/mol. The zero-order valence-corrected chi connectivity index (χ0v) is 15.4. The fourth-order valence-corrected chi connectivity index (χ4v) is 0. The standard InChI is InChI=1S/I3.I2.HI/c1-3-2;1-2;/h;;1H/q-1;;. The quantitative estimate of drug-likeness (QED) is 0.326. The van der Waals surface area contributed by atoms with Crippen molar-refractivity contribution in [3.8, 4) is 0 Å². The van der Waals surface area contributed by atoms with Crippen LogP contribution < -0.4 is 13.3 Å². The molecule has 0 aliphatic rings. The zero-order chi connectivity index (χ0) is 4.71. The van der Waals surface area contributed by atoms with Gasteiger partial charge >= 0.3 is 50.5 Å². The predicted molar refractivity (Wildman–Crippen MR) is 71.5 cm³/mol. The molecule has 0 saturated carbocycles. The third kappa shape index (κ3) is 23.8. The Morgan fingerprint density at radius 3 is 1.00 bits per heavy atom. The van der Waals surface area contributed by atoms with Crippen molar-refractivity contribution in [2.75, 3.05) is 0 Å². The third-order valence-corrected chi connectivity index (χ3v) is 0. The Hall–Kier alpha value is 4.38. The summed E-state index contributed by atoms with van der Waals surface area (Å²) in [5.74, 6) is 0. The van der Waals surface area contributed by atoms with Gasteiger partial charge in [-0.2, -0.15) is 0 Å². The average Bonchev–Trinajstić information content (AvgIpc) is 1.46. The van der Waals surface area contributed by atoms with Gasteiger partial charge in [-0.3, -0.25) is 0 Å². The van der Waals surface area contributed by atoms with E-state index in [4.69, 9.17) is 0 Å². The van der Waals surface area contributed by atoms with Gasteiger partial charge in [0.15, 0.2) is 0 Å². The molecule has 0 bridgehead atoms. The Labute approximate surface area is 108 Å². The van der Waals surface area contributed by atoms with Gasteiger partial charge < -0.3 is 0 Å². The van der Waals surface area contributed by atoms with Crippen molar-refractivity contribution in [1.29, 1.82) is 0 Å². The van der Waals surface area contributed by atoms with E-state index in [1.54, 1.807) is 0 Å². The minimum atomic E-state index is 0. The summed E-state index contributed by atoms with van der Waals surface area (Å²) < 4.78 is 0. The van der Waals surface area contributed by atoms with Gasteiger partial charge in [0.1, 0.15) is 0 Å². The summed E-state index contributed by atoms with van der Waals surface area (Å²) in [6.45, 7) is 0. The molecule has 0 heterocycles. The molecule has 0 rings (SSSR count). The van der Waals surface area contributed by atoms with Crippen LogP contribution in [-0.4, -0.2) is 0 Å². The monoisotopic (exact) mass is 762 g/mol. The van der Waals surface area contributed by atoms with Crippen LogP contribution in [0, 0.1) is 0 Å². The van der Waals surface area contributed by atoms with Crippen molar-refractivity contribution in [1.82, 2.24) is 0 Å². The third-order valence-electron chi connectivity index (χ3n) is 0. The maximum absolute atomic E-state index is 2.39. The van der Waals surface area contributed by atoms with Gasteiger partial charge in [0.2, 0.25) is 0 Å². The summed E-state index contributed by atoms with van der Waals surface area (Å²) in [6.07, 6.45) is 0. The molecule has 0 fully saturated rings. The molecule has 0 aliphatic heterocycles. The first-order chi connectivity index (χ1) is 2.41. The molecule has 0 N–H and O–H groups in total. The molecule has 6 heteroatoms. The molecule has 0 atom stereocenters. The molecule has 44 valence electrons. The number of halogens is 6. The van der Waals surface area contributed by atoms with E-state index in [0.29, 0.717) is 13.3 Å². The van der Waals surface area contributed by atoms with Crippen molar-refractivity contribution in [3.05, 3.63) is 0 Å². The molecular formula is HI6-. The summed E-state index contributed by atoms with van der Waals surface area (Å²) in [5, 5.41) is 0. The Kier molecular flexibility index (Phi) is 63.6. The Balaban J connectivity index is -0.0000000275. The molecule has 0 unspecified atom stereocenters. The first-order valence-corrected chi connectivity index (χ1v) is 19.3. The number of rotatable bonds is 0. The van der Waals surface area contributed by atoms with Crippen molar-refractivity contribution in [2.24, 2.45) is 0 Å². The van der Waals surface area contributed by atoms with E-state index in [9.17, 15) is 0 Å². The van der Waals surface area contributed by atoms with Crippen LogP contribution in [0.25, 0.3) is 0 Å². The molecule has 0 spiro atoms. The molecule has 0 aliphatic carbocycles. The predicted octanol–water partition coefficient (Wildman–Crippen LogP) is 1.16. The fourth-order valence-electron chi connectivity index (χ4n) is 0. The van der Waals surface area contributed by atoms with Crippen LogP contribution in [0.5, 0.6) is 0 Å². The maximum atomic E-state index is 2.39. The second-order valence-corrected chi connectivity index (χ2v) is 16.3. The van der Waals surface area contributed by atoms with Gasteiger partial charge in [-0.05, 0) is 0 Å². The van der Waals surface area contributed by atoms with Gasteiger partial charge in [-0.1, -0.05) is 0 Å². The van der Waals surface area contributed by atoms with Crippen LogP contribution in [0.1, 0.15) is 0 Å². The van der Waals surface area contributed by atoms with E-state index in [1.165, 1.54) is 0 Å². The van der Waals surface area contributed by atoms with Crippen molar-refractivity contribution < 1.29 is 13.3 Å². The molecule has 0 aromatic rings. The van der Waals surface area contributed by atoms with E-state index in [-0.39, 0.29) is 24.0 Å². The van der Waals surface area contributed by atoms with E-state index < -0.39 is 0 Å². The van der Waals surface area contributed by atoms with Crippen LogP contribution in [0.15, 0.2) is 0 Å². The van der Waals surface area contributed by atoms with Crippen LogP contribution in [-0.2, 0) is 0 Å². The fraction of sp³-hybridized carbons (Fsp3) is 0. The van der Waals surface area contributed by atoms with E-state index in [1.807, 2.05) is 0 Å². The Bertz CT molecular complexity index is 0. The molecule has 0 amide bonds. The van der Waals surface area contributed by atoms with Gasteiger partial charge in [0.25, 0.3) is 0 Å². The van der Waals surface area contributed by atoms with Crippen molar-refractivity contribution in [3.63, 3.8) is 0 Å². The average molecular weight is 762 g/mol. The molecule has 0 nitrogen and oxygen atoms in total. The summed E-state index contributed by atoms with van der Waals surface area (Å²) >= 11 is 9.54.